The van der Waals surface area contributed by atoms with Gasteiger partial charge in [-0.3, -0.25) is 9.59 Å². The minimum Gasteiger partial charge on any atom is -0.480 e. The van der Waals surface area contributed by atoms with Gasteiger partial charge < -0.3 is 10.8 Å². The summed E-state index contributed by atoms with van der Waals surface area (Å²) in [6.45, 7) is -0.843. The first kappa shape index (κ1) is 46.6. The Bertz CT molecular complexity index is 2560. The molecule has 2 saturated heterocycles. The van der Waals surface area contributed by atoms with Gasteiger partial charge in [0.1, 0.15) is 38.5 Å². The normalized spacial score (nSPS) is 24.6. The lowest BCUT2D eigenvalue weighted by Gasteiger charge is -2.27. The van der Waals surface area contributed by atoms with E-state index in [-0.39, 0.29) is 40.6 Å². The highest BCUT2D eigenvalue weighted by molar-refractivity contribution is 9.10. The molecular weight excluding hydrogens is 1000 g/mol. The van der Waals surface area contributed by atoms with Gasteiger partial charge >= 0.3 is 5.97 Å². The summed E-state index contributed by atoms with van der Waals surface area (Å²) < 4.78 is 160. The van der Waals surface area contributed by atoms with Crippen molar-refractivity contribution in [2.24, 2.45) is 29.4 Å². The lowest BCUT2D eigenvalue weighted by molar-refractivity contribution is -0.143. The zero-order chi connectivity index (χ0) is 45.0. The van der Waals surface area contributed by atoms with E-state index in [1.165, 1.54) is 6.07 Å². The number of carboxylic acid groups (broad SMARTS) is 1. The number of Topliss-reactive ketones (excluding diaryl/α,β-unsaturated/α-hetero) is 1. The van der Waals surface area contributed by atoms with Crippen molar-refractivity contribution in [3.05, 3.63) is 117 Å². The smallest absolute Gasteiger partial charge is 0.322 e. The van der Waals surface area contributed by atoms with E-state index in [0.29, 0.717) is 19.1 Å². The second-order valence-corrected chi connectivity index (χ2v) is 19.7. The van der Waals surface area contributed by atoms with Crippen LogP contribution in [0.5, 0.6) is 0 Å². The number of sulfonamides is 2. The number of hydrogen-bond donors (Lipinski definition) is 2. The maximum atomic E-state index is 14.1. The van der Waals surface area contributed by atoms with Crippen LogP contribution in [0.2, 0.25) is 0 Å². The Morgan fingerprint density at radius 2 is 1.10 bits per heavy atom. The van der Waals surface area contributed by atoms with Crippen molar-refractivity contribution in [1.29, 1.82) is 0 Å². The molecule has 12 nitrogen and oxygen atoms in total. The molecule has 4 fully saturated rings. The van der Waals surface area contributed by atoms with Gasteiger partial charge in [0, 0.05) is 43.5 Å². The molecule has 0 radical (unpaired) electrons. The Balaban J connectivity index is 0.000000173. The molecule has 4 aromatic rings. The molecule has 6 atom stereocenters. The molecule has 8 rings (SSSR count). The second kappa shape index (κ2) is 17.3. The van der Waals surface area contributed by atoms with Crippen LogP contribution >= 0.6 is 31.9 Å². The number of ketones is 1. The Morgan fingerprint density at radius 3 is 1.51 bits per heavy atom. The molecule has 2 aliphatic heterocycles. The topological polar surface area (TPSA) is 181 Å². The summed E-state index contributed by atoms with van der Waals surface area (Å²) in [5, 5.41) is 9.07. The highest BCUT2D eigenvalue weighted by Gasteiger charge is 2.79. The summed E-state index contributed by atoms with van der Waals surface area (Å²) in [7, 11) is -8.53. The predicted molar refractivity (Wildman–Crippen MR) is 205 cm³/mol. The second-order valence-electron chi connectivity index (χ2n) is 14.3. The summed E-state index contributed by atoms with van der Waals surface area (Å²) in [5.74, 6) is -16.3. The van der Waals surface area contributed by atoms with Gasteiger partial charge in [-0.15, -0.1) is 0 Å². The van der Waals surface area contributed by atoms with Crippen molar-refractivity contribution < 1.29 is 66.7 Å². The maximum Gasteiger partial charge on any atom is 0.322 e. The van der Waals surface area contributed by atoms with E-state index in [0.717, 1.165) is 65.2 Å². The van der Waals surface area contributed by atoms with E-state index in [9.17, 15) is 61.5 Å². The number of alkyl halides is 4. The number of carboxylic acids is 1. The van der Waals surface area contributed by atoms with Crippen LogP contribution in [0.3, 0.4) is 0 Å². The number of piperidine rings is 2. The molecule has 4 heterocycles. The number of nitrogens with two attached hydrogens (primary N) is 1. The third kappa shape index (κ3) is 9.25. The summed E-state index contributed by atoms with van der Waals surface area (Å²) in [6.07, 6.45) is 1.71. The highest BCUT2D eigenvalue weighted by Crippen LogP contribution is 2.64. The molecule has 2 aromatic carbocycles. The number of aliphatic carboxylic acids is 1. The van der Waals surface area contributed by atoms with E-state index in [1.54, 1.807) is 6.07 Å². The Labute approximate surface area is 359 Å². The van der Waals surface area contributed by atoms with Gasteiger partial charge in [-0.05, 0) is 105 Å². The number of carbonyl (C=O) groups is 2. The fraction of sp³-hybridized carbons (Fsp3) is 0.351. The largest absolute Gasteiger partial charge is 0.480 e. The van der Waals surface area contributed by atoms with Gasteiger partial charge in [-0.1, -0.05) is 0 Å². The molecule has 328 valence electrons. The highest BCUT2D eigenvalue weighted by atomic mass is 79.9. The van der Waals surface area contributed by atoms with Crippen molar-refractivity contribution in [3.8, 4) is 0 Å². The van der Waals surface area contributed by atoms with Gasteiger partial charge in [-0.2, -0.15) is 8.61 Å². The van der Waals surface area contributed by atoms with Crippen molar-refractivity contribution in [2.45, 2.75) is 53.1 Å². The fourth-order valence-corrected chi connectivity index (χ4v) is 11.5. The molecule has 0 bridgehead atoms. The summed E-state index contributed by atoms with van der Waals surface area (Å²) in [6, 6.07) is 7.32. The minimum atomic E-state index is -4.28. The van der Waals surface area contributed by atoms with E-state index < -0.39 is 110 Å². The fourth-order valence-electron chi connectivity index (χ4n) is 7.41. The van der Waals surface area contributed by atoms with Crippen molar-refractivity contribution >= 4 is 63.7 Å². The van der Waals surface area contributed by atoms with Gasteiger partial charge in [0.05, 0.1) is 40.1 Å². The Hall–Kier alpha value is -3.94. The third-order valence-electron chi connectivity index (χ3n) is 10.7. The molecule has 2 saturated carbocycles. The number of benzene rings is 2. The van der Waals surface area contributed by atoms with Crippen LogP contribution in [-0.2, 0) is 42.6 Å². The molecule has 24 heteroatoms. The van der Waals surface area contributed by atoms with Crippen LogP contribution in [0.15, 0.2) is 92.1 Å². The molecule has 0 spiro atoms. The lowest BCUT2D eigenvalue weighted by atomic mass is 10.0. The van der Waals surface area contributed by atoms with Crippen LogP contribution in [0.1, 0.15) is 17.5 Å². The summed E-state index contributed by atoms with van der Waals surface area (Å²) >= 11 is 6.19. The van der Waals surface area contributed by atoms with Crippen molar-refractivity contribution in [2.75, 3.05) is 13.1 Å². The van der Waals surface area contributed by atoms with E-state index in [1.807, 2.05) is 0 Å². The standard InChI is InChI=1S/C19H15BrF4N2O3S.C12H10F3NO4S.C6H6BrFN2/c20-16-7-10(14(22)8-25-16)1-6-15(27)18-17-13(19(17,23)24)9-26(18)30(28,29)12-4-2-11(21)3-5-12;13-6-1-3-7(4-2-6)21(19,20)16-5-8-9(12(8,14)15)10(16)11(17)18;7-6-1-4(2-9)5(8)3-10-6/h2-5,7-8,13,17-18H,1,6,9H2;1-4,8-10H,5H2,(H,17,18);1,3H,2,9H2/t13-,17-,18+;8-,9-,10-;/m00./s1. The Morgan fingerprint density at radius 1 is 0.705 bits per heavy atom. The molecule has 0 unspecified atom stereocenters. The van der Waals surface area contributed by atoms with Crippen LogP contribution < -0.4 is 5.73 Å². The van der Waals surface area contributed by atoms with Gasteiger partial charge in [0.2, 0.25) is 20.0 Å². The zero-order valence-corrected chi connectivity index (χ0v) is 35.6. The van der Waals surface area contributed by atoms with Gasteiger partial charge in [-0.25, -0.2) is 61.9 Å². The first-order chi connectivity index (χ1) is 28.4. The number of nitrogens with zero attached hydrogens (tertiary/aromatic N) is 4. The summed E-state index contributed by atoms with van der Waals surface area (Å²) in [4.78, 5) is 30.8. The quantitative estimate of drug-likeness (QED) is 0.138. The van der Waals surface area contributed by atoms with Crippen LogP contribution in [0.25, 0.3) is 0 Å². The number of fused-ring (bicyclic) bond motifs is 2. The molecule has 3 N–H and O–H groups in total. The molecule has 2 aromatic heterocycles. The van der Waals surface area contributed by atoms with Crippen molar-refractivity contribution in [1.82, 2.24) is 18.6 Å². The van der Waals surface area contributed by atoms with Crippen LogP contribution in [0.4, 0.5) is 35.1 Å². The van der Waals surface area contributed by atoms with E-state index in [4.69, 9.17) is 10.8 Å². The third-order valence-corrected chi connectivity index (χ3v) is 15.3. The number of aromatic nitrogens is 2. The average molecular weight is 1030 g/mol. The number of rotatable bonds is 10. The van der Waals surface area contributed by atoms with Crippen molar-refractivity contribution in [3.63, 3.8) is 0 Å². The maximum absolute atomic E-state index is 14.1. The first-order valence-electron chi connectivity index (χ1n) is 17.8. The number of aryl methyl sites for hydroxylation is 1. The zero-order valence-electron chi connectivity index (χ0n) is 30.8. The summed E-state index contributed by atoms with van der Waals surface area (Å²) in [5.41, 5.74) is 5.87. The lowest BCUT2D eigenvalue weighted by Crippen LogP contribution is -2.46. The first-order valence-corrected chi connectivity index (χ1v) is 22.3. The monoisotopic (exact) mass is 1030 g/mol. The van der Waals surface area contributed by atoms with E-state index in [2.05, 4.69) is 41.8 Å². The number of hydrogen-bond acceptors (Lipinski definition) is 9. The number of carbonyl (C=O) groups excluding carboxylic acids is 1. The molecule has 61 heavy (non-hydrogen) atoms. The van der Waals surface area contributed by atoms with Gasteiger partial charge in [0.15, 0.2) is 5.78 Å². The van der Waals surface area contributed by atoms with E-state index >= 15 is 0 Å². The predicted octanol–water partition coefficient (Wildman–Crippen LogP) is 6.18. The SMILES string of the molecule is NCc1cc(Br)ncc1F.O=C(CCc1cc(Br)ncc1F)[C@@H]1[C@@H]2[C@H](CN1S(=O)(=O)c1ccc(F)cc1)C2(F)F.O=C(O)[C@@H]1[C@@H]2[C@H](CN1S(=O)(=O)c1ccc(F)cc1)C2(F)F. The average Bonchev–Trinajstić information content (AvgIpc) is 3.66. The van der Waals surface area contributed by atoms with Gasteiger partial charge in [0.25, 0.3) is 11.8 Å². The molecular formula is C37H31Br2F8N5O7S2. The molecule has 0 amide bonds. The molecule has 4 aliphatic rings. The van der Waals surface area contributed by atoms with Crippen LogP contribution in [0, 0.1) is 46.9 Å². The number of pyridine rings is 2. The minimum absolute atomic E-state index is 0.0876. The molecule has 2 aliphatic carbocycles. The number of halogens is 10. The van der Waals surface area contributed by atoms with Crippen LogP contribution in [-0.4, -0.2) is 89.3 Å². The Kier molecular flexibility index (Phi) is 13.2.